The van der Waals surface area contributed by atoms with Crippen molar-refractivity contribution in [1.82, 2.24) is 0 Å². The van der Waals surface area contributed by atoms with Gasteiger partial charge in [-0.25, -0.2) is 0 Å². The summed E-state index contributed by atoms with van der Waals surface area (Å²) in [5.41, 5.74) is 14.3. The van der Waals surface area contributed by atoms with E-state index in [2.05, 4.69) is 173 Å². The van der Waals surface area contributed by atoms with Crippen molar-refractivity contribution in [1.29, 1.82) is 0 Å². The van der Waals surface area contributed by atoms with Gasteiger partial charge < -0.3 is 9.32 Å². The summed E-state index contributed by atoms with van der Waals surface area (Å²) < 4.78 is 9.22. The van der Waals surface area contributed by atoms with Crippen LogP contribution < -0.4 is 4.90 Å². The van der Waals surface area contributed by atoms with Crippen molar-refractivity contribution >= 4 is 70.5 Å². The maximum atomic E-state index is 6.41. The summed E-state index contributed by atoms with van der Waals surface area (Å²) in [6.07, 6.45) is 0. The summed E-state index contributed by atoms with van der Waals surface area (Å²) >= 11 is 1.97. The second-order valence-electron chi connectivity index (χ2n) is 15.8. The van der Waals surface area contributed by atoms with Crippen LogP contribution in [0.25, 0.3) is 64.4 Å². The molecule has 0 atom stereocenters. The van der Waals surface area contributed by atoms with Crippen LogP contribution in [0.2, 0.25) is 0 Å². The Hall–Kier alpha value is -5.64. The molecular weight excluding hydrogens is 651 g/mol. The Balaban J connectivity index is 1.16. The summed E-state index contributed by atoms with van der Waals surface area (Å²) in [5, 5.41) is 4.99. The highest BCUT2D eigenvalue weighted by atomic mass is 32.1. The minimum absolute atomic E-state index is 0.0732. The Morgan fingerprint density at radius 2 is 1.15 bits per heavy atom. The van der Waals surface area contributed by atoms with E-state index >= 15 is 0 Å². The van der Waals surface area contributed by atoms with E-state index in [1.54, 1.807) is 0 Å². The van der Waals surface area contributed by atoms with Crippen molar-refractivity contribution in [3.8, 4) is 22.3 Å². The van der Waals surface area contributed by atoms with Gasteiger partial charge in [-0.1, -0.05) is 132 Å². The first-order valence-electron chi connectivity index (χ1n) is 18.2. The van der Waals surface area contributed by atoms with E-state index < -0.39 is 0 Å². The molecule has 3 heteroatoms. The summed E-state index contributed by atoms with van der Waals surface area (Å²) in [5.74, 6) is 0. The van der Waals surface area contributed by atoms with Crippen molar-refractivity contribution < 1.29 is 4.42 Å². The Labute approximate surface area is 308 Å². The molecule has 0 amide bonds. The number of fused-ring (bicyclic) bond motifs is 10. The van der Waals surface area contributed by atoms with Crippen LogP contribution in [0.15, 0.2) is 150 Å². The van der Waals surface area contributed by atoms with E-state index in [4.69, 9.17) is 4.42 Å². The second kappa shape index (κ2) is 11.2. The smallest absolute Gasteiger partial charge is 0.137 e. The van der Waals surface area contributed by atoms with Gasteiger partial charge >= 0.3 is 0 Å². The average molecular weight is 690 g/mol. The monoisotopic (exact) mass is 689 g/mol. The van der Waals surface area contributed by atoms with Gasteiger partial charge in [0.05, 0.1) is 0 Å². The summed E-state index contributed by atoms with van der Waals surface area (Å²) in [6, 6.07) is 53.2. The molecule has 0 N–H and O–H groups in total. The molecule has 7 aromatic carbocycles. The highest BCUT2D eigenvalue weighted by Gasteiger charge is 2.38. The van der Waals surface area contributed by atoms with Crippen LogP contribution >= 0.6 is 11.3 Å². The molecule has 0 radical (unpaired) electrons. The van der Waals surface area contributed by atoms with E-state index in [0.29, 0.717) is 0 Å². The maximum Gasteiger partial charge on any atom is 0.137 e. The number of thiophene rings is 1. The van der Waals surface area contributed by atoms with Crippen molar-refractivity contribution in [3.63, 3.8) is 0 Å². The van der Waals surface area contributed by atoms with Gasteiger partial charge in [0, 0.05) is 65.1 Å². The zero-order valence-electron chi connectivity index (χ0n) is 30.1. The molecule has 2 aromatic heterocycles. The predicted octanol–water partition coefficient (Wildman–Crippen LogP) is 14.7. The highest BCUT2D eigenvalue weighted by molar-refractivity contribution is 7.26. The first kappa shape index (κ1) is 31.1. The van der Waals surface area contributed by atoms with Gasteiger partial charge in [0.25, 0.3) is 0 Å². The minimum Gasteiger partial charge on any atom is -0.456 e. The van der Waals surface area contributed by atoms with Crippen LogP contribution in [-0.2, 0) is 10.8 Å². The second-order valence-corrected chi connectivity index (χ2v) is 16.8. The van der Waals surface area contributed by atoms with Crippen molar-refractivity contribution in [2.45, 2.75) is 45.4 Å². The standard InChI is InChI=1S/C49H39NOS/c1-48(2,3)41-16-11-15-37-38-26-27-40-45(47(38)52-46(37)41)39-25-23-33(28-42(39)49(40,4)5)50(32-20-18-31(19-21-32)30-12-7-6-8-13-30)34-22-24-36-35-14-9-10-17-43(35)51-44(36)29-34/h6-29H,1-5H3. The molecule has 1 aliphatic carbocycles. The number of para-hydroxylation sites is 1. The van der Waals surface area contributed by atoms with E-state index in [9.17, 15) is 0 Å². The van der Waals surface area contributed by atoms with Crippen molar-refractivity contribution in [2.75, 3.05) is 4.90 Å². The molecular formula is C49H39NOS. The van der Waals surface area contributed by atoms with Gasteiger partial charge in [0.2, 0.25) is 0 Å². The first-order valence-corrected chi connectivity index (χ1v) is 19.0. The lowest BCUT2D eigenvalue weighted by atomic mass is 9.82. The number of benzene rings is 7. The number of anilines is 3. The molecule has 0 spiro atoms. The van der Waals surface area contributed by atoms with Crippen molar-refractivity contribution in [3.05, 3.63) is 162 Å². The SMILES string of the molecule is CC(C)(C)c1cccc2c1sc1c3c(ccc12)C(C)(C)c1cc(N(c2ccc(-c4ccccc4)cc2)c2ccc4c(c2)oc2ccccc24)ccc1-3. The quantitative estimate of drug-likeness (QED) is 0.183. The largest absolute Gasteiger partial charge is 0.456 e. The van der Waals surface area contributed by atoms with Gasteiger partial charge in [0.15, 0.2) is 0 Å². The number of furan rings is 1. The normalized spacial score (nSPS) is 13.6. The highest BCUT2D eigenvalue weighted by Crippen LogP contribution is 2.55. The predicted molar refractivity (Wildman–Crippen MR) is 223 cm³/mol. The third kappa shape index (κ3) is 4.62. The van der Waals surface area contributed by atoms with Gasteiger partial charge in [-0.05, 0) is 81.3 Å². The summed E-state index contributed by atoms with van der Waals surface area (Å²) in [4.78, 5) is 2.38. The lowest BCUT2D eigenvalue weighted by Crippen LogP contribution is -2.16. The molecule has 52 heavy (non-hydrogen) atoms. The van der Waals surface area contributed by atoms with E-state index in [0.717, 1.165) is 39.0 Å². The van der Waals surface area contributed by atoms with Crippen LogP contribution in [0.5, 0.6) is 0 Å². The zero-order valence-corrected chi connectivity index (χ0v) is 30.9. The molecule has 0 saturated heterocycles. The van der Waals surface area contributed by atoms with Crippen LogP contribution in [-0.4, -0.2) is 0 Å². The fourth-order valence-electron chi connectivity index (χ4n) is 8.53. The Morgan fingerprint density at radius 1 is 0.519 bits per heavy atom. The number of nitrogens with zero attached hydrogens (tertiary/aromatic N) is 1. The topological polar surface area (TPSA) is 16.4 Å². The number of hydrogen-bond acceptors (Lipinski definition) is 3. The van der Waals surface area contributed by atoms with Crippen molar-refractivity contribution in [2.24, 2.45) is 0 Å². The third-order valence-corrected chi connectivity index (χ3v) is 12.5. The van der Waals surface area contributed by atoms with E-state index in [1.807, 2.05) is 23.5 Å². The molecule has 2 heterocycles. The molecule has 0 aliphatic heterocycles. The lowest BCUT2D eigenvalue weighted by Gasteiger charge is -2.28. The number of hydrogen-bond donors (Lipinski definition) is 0. The zero-order chi connectivity index (χ0) is 35.4. The molecule has 0 fully saturated rings. The van der Waals surface area contributed by atoms with E-state index in [-0.39, 0.29) is 10.8 Å². The van der Waals surface area contributed by atoms with Gasteiger partial charge in [-0.15, -0.1) is 11.3 Å². The summed E-state index contributed by atoms with van der Waals surface area (Å²) in [7, 11) is 0. The minimum atomic E-state index is -0.163. The van der Waals surface area contributed by atoms with Crippen LogP contribution in [0.4, 0.5) is 17.1 Å². The van der Waals surface area contributed by atoms with Crippen LogP contribution in [0.1, 0.15) is 51.3 Å². The van der Waals surface area contributed by atoms with Gasteiger partial charge in [-0.3, -0.25) is 0 Å². The van der Waals surface area contributed by atoms with Gasteiger partial charge in [0.1, 0.15) is 11.2 Å². The lowest BCUT2D eigenvalue weighted by molar-refractivity contribution is 0.597. The average Bonchev–Trinajstić information content (AvgIpc) is 3.79. The Bertz CT molecular complexity index is 2850. The molecule has 0 saturated carbocycles. The van der Waals surface area contributed by atoms with E-state index in [1.165, 1.54) is 59.1 Å². The van der Waals surface area contributed by atoms with Crippen LogP contribution in [0, 0.1) is 0 Å². The van der Waals surface area contributed by atoms with Crippen LogP contribution in [0.3, 0.4) is 0 Å². The molecule has 2 nitrogen and oxygen atoms in total. The third-order valence-electron chi connectivity index (χ3n) is 11.2. The first-order chi connectivity index (χ1) is 25.2. The molecule has 1 aliphatic rings. The number of rotatable bonds is 4. The molecule has 10 rings (SSSR count). The molecule has 0 unspecified atom stereocenters. The Morgan fingerprint density at radius 3 is 1.96 bits per heavy atom. The molecule has 9 aromatic rings. The molecule has 0 bridgehead atoms. The molecule has 252 valence electrons. The van der Waals surface area contributed by atoms with Gasteiger partial charge in [-0.2, -0.15) is 0 Å². The fraction of sp³-hybridized carbons (Fsp3) is 0.143. The maximum absolute atomic E-state index is 6.41. The fourth-order valence-corrected chi connectivity index (χ4v) is 10.1. The summed E-state index contributed by atoms with van der Waals surface area (Å²) in [6.45, 7) is 11.7. The Kier molecular flexibility index (Phi) is 6.69.